The Labute approximate surface area is 223 Å². The van der Waals surface area contributed by atoms with E-state index < -0.39 is 0 Å². The Kier molecular flexibility index (Phi) is 7.91. The summed E-state index contributed by atoms with van der Waals surface area (Å²) in [5.41, 5.74) is 13.1. The fraction of sp³-hybridized carbons (Fsp3) is 0.286. The van der Waals surface area contributed by atoms with Crippen LogP contribution in [0, 0.1) is 5.41 Å². The standard InChI is InChI=1S/C35H40N2/c1-26-17-20-30(36-29-14-10-8-11-15-29)23-24-32(26)35(5,6)25-34(3,4)28-18-21-31(22-19-28)37-33-16-12-7-9-13-27(33)2/h7-12,14-16,18-24,36-37H,17,25H2,1-6H3. The smallest absolute Gasteiger partial charge is 0.0492 e. The summed E-state index contributed by atoms with van der Waals surface area (Å²) in [6.45, 7) is 13.9. The highest BCUT2D eigenvalue weighted by Crippen LogP contribution is 2.44. The molecule has 2 aliphatic rings. The second kappa shape index (κ2) is 11.1. The Morgan fingerprint density at radius 3 is 2.22 bits per heavy atom. The Morgan fingerprint density at radius 2 is 1.49 bits per heavy atom. The van der Waals surface area contributed by atoms with E-state index in [0.717, 1.165) is 41.2 Å². The van der Waals surface area contributed by atoms with Gasteiger partial charge in [0.15, 0.2) is 0 Å². The predicted octanol–water partition coefficient (Wildman–Crippen LogP) is 9.62. The summed E-state index contributed by atoms with van der Waals surface area (Å²) in [6.07, 6.45) is 16.9. The molecular weight excluding hydrogens is 448 g/mol. The molecule has 2 nitrogen and oxygen atoms in total. The van der Waals surface area contributed by atoms with Crippen LogP contribution in [0.1, 0.15) is 59.9 Å². The lowest BCUT2D eigenvalue weighted by Crippen LogP contribution is -2.28. The van der Waals surface area contributed by atoms with Crippen molar-refractivity contribution in [1.29, 1.82) is 0 Å². The molecule has 2 aliphatic carbocycles. The molecule has 4 rings (SSSR count). The minimum Gasteiger partial charge on any atom is -0.356 e. The molecule has 0 amide bonds. The molecule has 0 atom stereocenters. The van der Waals surface area contributed by atoms with E-state index in [4.69, 9.17) is 0 Å². The highest BCUT2D eigenvalue weighted by Gasteiger charge is 2.33. The van der Waals surface area contributed by atoms with Crippen molar-refractivity contribution in [3.8, 4) is 0 Å². The molecule has 190 valence electrons. The molecule has 0 unspecified atom stereocenters. The molecule has 0 aromatic heterocycles. The molecule has 0 radical (unpaired) electrons. The molecular formula is C35H40N2. The van der Waals surface area contributed by atoms with E-state index in [1.54, 1.807) is 0 Å². The second-order valence-corrected chi connectivity index (χ2v) is 11.4. The van der Waals surface area contributed by atoms with Gasteiger partial charge in [0.2, 0.25) is 0 Å². The lowest BCUT2D eigenvalue weighted by molar-refractivity contribution is 0.307. The first-order valence-corrected chi connectivity index (χ1v) is 13.2. The lowest BCUT2D eigenvalue weighted by Gasteiger charge is -2.37. The Hall–Kier alpha value is -3.74. The van der Waals surface area contributed by atoms with Crippen LogP contribution in [-0.2, 0) is 5.41 Å². The van der Waals surface area contributed by atoms with E-state index in [2.05, 4.69) is 131 Å². The van der Waals surface area contributed by atoms with Crippen molar-refractivity contribution in [3.63, 3.8) is 0 Å². The number of allylic oxidation sites excluding steroid dienone is 9. The molecule has 0 saturated carbocycles. The number of rotatable bonds is 8. The monoisotopic (exact) mass is 488 g/mol. The third-order valence-corrected chi connectivity index (χ3v) is 7.31. The van der Waals surface area contributed by atoms with E-state index in [9.17, 15) is 0 Å². The molecule has 2 aromatic carbocycles. The maximum absolute atomic E-state index is 3.55. The fourth-order valence-corrected chi connectivity index (χ4v) is 5.52. The zero-order valence-corrected chi connectivity index (χ0v) is 23.2. The van der Waals surface area contributed by atoms with Crippen LogP contribution in [0.5, 0.6) is 0 Å². The number of hydrogen-bond acceptors (Lipinski definition) is 2. The molecule has 2 aromatic rings. The highest BCUT2D eigenvalue weighted by molar-refractivity contribution is 5.56. The van der Waals surface area contributed by atoms with Crippen molar-refractivity contribution < 1.29 is 0 Å². The summed E-state index contributed by atoms with van der Waals surface area (Å²) in [5.74, 6) is 0. The second-order valence-electron chi connectivity index (χ2n) is 11.4. The van der Waals surface area contributed by atoms with Gasteiger partial charge in [-0.1, -0.05) is 87.9 Å². The molecule has 2 N–H and O–H groups in total. The average molecular weight is 489 g/mol. The van der Waals surface area contributed by atoms with Gasteiger partial charge in [-0.15, -0.1) is 5.73 Å². The SMILES string of the molecule is CC1=C=CC=CC=C1Nc1ccc(C(C)(C)CC(C)(C)C2=C(C)CC=C(Nc3ccccc3)C=C2)cc1. The van der Waals surface area contributed by atoms with Crippen molar-refractivity contribution in [3.05, 3.63) is 137 Å². The van der Waals surface area contributed by atoms with Crippen molar-refractivity contribution in [1.82, 2.24) is 0 Å². The normalized spacial score (nSPS) is 16.0. The van der Waals surface area contributed by atoms with Gasteiger partial charge in [0.1, 0.15) is 0 Å². The van der Waals surface area contributed by atoms with Crippen LogP contribution >= 0.6 is 0 Å². The zero-order valence-electron chi connectivity index (χ0n) is 23.2. The Balaban J connectivity index is 1.46. The fourth-order valence-electron chi connectivity index (χ4n) is 5.52. The van der Waals surface area contributed by atoms with Gasteiger partial charge in [-0.25, -0.2) is 0 Å². The van der Waals surface area contributed by atoms with E-state index in [1.807, 2.05) is 24.3 Å². The summed E-state index contributed by atoms with van der Waals surface area (Å²) in [6, 6.07) is 19.3. The third-order valence-electron chi connectivity index (χ3n) is 7.31. The quantitative estimate of drug-likeness (QED) is 0.361. The van der Waals surface area contributed by atoms with Gasteiger partial charge in [-0.2, -0.15) is 0 Å². The predicted molar refractivity (Wildman–Crippen MR) is 161 cm³/mol. The first-order valence-electron chi connectivity index (χ1n) is 13.2. The van der Waals surface area contributed by atoms with Crippen LogP contribution in [0.3, 0.4) is 0 Å². The molecule has 0 spiro atoms. The van der Waals surface area contributed by atoms with Crippen LogP contribution in [0.25, 0.3) is 0 Å². The van der Waals surface area contributed by atoms with Crippen LogP contribution in [0.2, 0.25) is 0 Å². The maximum Gasteiger partial charge on any atom is 0.0492 e. The van der Waals surface area contributed by atoms with Gasteiger partial charge in [0.25, 0.3) is 0 Å². The third kappa shape index (κ3) is 6.73. The van der Waals surface area contributed by atoms with Crippen molar-refractivity contribution in [2.24, 2.45) is 5.41 Å². The van der Waals surface area contributed by atoms with E-state index in [-0.39, 0.29) is 10.8 Å². The molecule has 2 heteroatoms. The number of benzene rings is 2. The maximum atomic E-state index is 3.55. The van der Waals surface area contributed by atoms with Crippen molar-refractivity contribution in [2.75, 3.05) is 10.6 Å². The van der Waals surface area contributed by atoms with Crippen LogP contribution in [-0.4, -0.2) is 0 Å². The minimum absolute atomic E-state index is 0.0247. The van der Waals surface area contributed by atoms with Crippen LogP contribution in [0.15, 0.2) is 131 Å². The molecule has 37 heavy (non-hydrogen) atoms. The summed E-state index contributed by atoms with van der Waals surface area (Å²) in [5, 5.41) is 7.10. The molecule has 0 fully saturated rings. The summed E-state index contributed by atoms with van der Waals surface area (Å²) < 4.78 is 0. The van der Waals surface area contributed by atoms with Crippen molar-refractivity contribution >= 4 is 11.4 Å². The van der Waals surface area contributed by atoms with Gasteiger partial charge in [-0.3, -0.25) is 0 Å². The first kappa shape index (κ1) is 26.3. The van der Waals surface area contributed by atoms with E-state index in [1.165, 1.54) is 16.7 Å². The number of anilines is 2. The van der Waals surface area contributed by atoms with Gasteiger partial charge >= 0.3 is 0 Å². The summed E-state index contributed by atoms with van der Waals surface area (Å²) >= 11 is 0. The van der Waals surface area contributed by atoms with Gasteiger partial charge in [-0.05, 0) is 91.1 Å². The largest absolute Gasteiger partial charge is 0.356 e. The molecule has 0 bridgehead atoms. The zero-order chi connectivity index (χ0) is 26.5. The van der Waals surface area contributed by atoms with Gasteiger partial charge < -0.3 is 10.6 Å². The number of hydrogen-bond donors (Lipinski definition) is 2. The number of para-hydroxylation sites is 1. The van der Waals surface area contributed by atoms with Crippen LogP contribution in [0.4, 0.5) is 11.4 Å². The molecule has 0 aliphatic heterocycles. The molecule has 0 heterocycles. The Bertz CT molecular complexity index is 1330. The Morgan fingerprint density at radius 1 is 0.784 bits per heavy atom. The van der Waals surface area contributed by atoms with Gasteiger partial charge in [0.05, 0.1) is 0 Å². The van der Waals surface area contributed by atoms with E-state index in [0.29, 0.717) is 0 Å². The van der Waals surface area contributed by atoms with Gasteiger partial charge in [0, 0.05) is 28.3 Å². The van der Waals surface area contributed by atoms with E-state index >= 15 is 0 Å². The highest BCUT2D eigenvalue weighted by atomic mass is 14.9. The van der Waals surface area contributed by atoms with Crippen LogP contribution < -0.4 is 10.6 Å². The topological polar surface area (TPSA) is 24.1 Å². The molecule has 0 saturated heterocycles. The number of nitrogens with one attached hydrogen (secondary N) is 2. The summed E-state index contributed by atoms with van der Waals surface area (Å²) in [7, 11) is 0. The first-order chi connectivity index (χ1) is 17.6. The summed E-state index contributed by atoms with van der Waals surface area (Å²) in [4.78, 5) is 0. The average Bonchev–Trinajstić information content (AvgIpc) is 3.17. The minimum atomic E-state index is 0.0247. The van der Waals surface area contributed by atoms with Crippen molar-refractivity contribution in [2.45, 2.75) is 59.8 Å². The lowest BCUT2D eigenvalue weighted by atomic mass is 9.67.